The number of rotatable bonds is 9. The van der Waals surface area contributed by atoms with Crippen LogP contribution in [0.5, 0.6) is 0 Å². The summed E-state index contributed by atoms with van der Waals surface area (Å²) in [7, 11) is 0. The van der Waals surface area contributed by atoms with Gasteiger partial charge in [-0.2, -0.15) is 0 Å². The summed E-state index contributed by atoms with van der Waals surface area (Å²) in [5, 5.41) is 3.19. The fraction of sp³-hybridized carbons (Fsp3) is 0.364. The van der Waals surface area contributed by atoms with Crippen molar-refractivity contribution in [2.75, 3.05) is 5.75 Å². The zero-order valence-corrected chi connectivity index (χ0v) is 20.3. The van der Waals surface area contributed by atoms with Crippen LogP contribution in [0.2, 0.25) is 5.02 Å². The molecular formula is C22H25BrClFN2O2S. The van der Waals surface area contributed by atoms with E-state index in [0.29, 0.717) is 17.1 Å². The van der Waals surface area contributed by atoms with Crippen LogP contribution < -0.4 is 5.32 Å². The molecule has 0 aliphatic heterocycles. The molecule has 30 heavy (non-hydrogen) atoms. The minimum absolute atomic E-state index is 0.0258. The molecule has 2 rings (SSSR count). The molecule has 0 bridgehead atoms. The molecule has 0 saturated heterocycles. The molecule has 2 aromatic carbocycles. The van der Waals surface area contributed by atoms with Crippen LogP contribution in [-0.4, -0.2) is 34.6 Å². The van der Waals surface area contributed by atoms with Gasteiger partial charge in [0.05, 0.1) is 5.75 Å². The van der Waals surface area contributed by atoms with Gasteiger partial charge in [-0.05, 0) is 50.6 Å². The number of carbonyl (C=O) groups is 2. The minimum Gasteiger partial charge on any atom is -0.352 e. The molecule has 0 spiro atoms. The maximum Gasteiger partial charge on any atom is 0.242 e. The lowest BCUT2D eigenvalue weighted by molar-refractivity contribution is -0.138. The summed E-state index contributed by atoms with van der Waals surface area (Å²) in [5.74, 6) is -0.408. The molecule has 0 fully saturated rings. The molecule has 0 saturated carbocycles. The van der Waals surface area contributed by atoms with Crippen molar-refractivity contribution >= 4 is 51.1 Å². The standard InChI is InChI=1S/C22H25BrClFN2O2S/c1-14(2)26-22(29)15(3)27(11-16-7-9-17(23)10-8-16)21(28)13-30-12-18-19(24)5-4-6-20(18)25/h4-10,14-15H,11-13H2,1-3H3,(H,26,29). The van der Waals surface area contributed by atoms with Crippen molar-refractivity contribution in [3.05, 3.63) is 68.9 Å². The van der Waals surface area contributed by atoms with Gasteiger partial charge < -0.3 is 10.2 Å². The first-order valence-electron chi connectivity index (χ1n) is 9.54. The molecule has 162 valence electrons. The fourth-order valence-corrected chi connectivity index (χ4v) is 4.28. The van der Waals surface area contributed by atoms with Gasteiger partial charge in [0.15, 0.2) is 0 Å². The normalized spacial score (nSPS) is 12.0. The van der Waals surface area contributed by atoms with E-state index in [4.69, 9.17) is 11.6 Å². The van der Waals surface area contributed by atoms with Gasteiger partial charge in [-0.15, -0.1) is 11.8 Å². The molecular weight excluding hydrogens is 491 g/mol. The lowest BCUT2D eigenvalue weighted by atomic mass is 10.1. The Bertz CT molecular complexity index is 860. The third-order valence-electron chi connectivity index (χ3n) is 4.40. The van der Waals surface area contributed by atoms with E-state index in [1.807, 2.05) is 38.1 Å². The Hall–Kier alpha value is -1.57. The zero-order valence-electron chi connectivity index (χ0n) is 17.1. The first-order chi connectivity index (χ1) is 14.2. The Morgan fingerprint density at radius 3 is 2.43 bits per heavy atom. The van der Waals surface area contributed by atoms with Crippen LogP contribution in [0.1, 0.15) is 31.9 Å². The van der Waals surface area contributed by atoms with Gasteiger partial charge in [-0.25, -0.2) is 4.39 Å². The second kappa shape index (κ2) is 11.7. The van der Waals surface area contributed by atoms with Crippen molar-refractivity contribution in [3.8, 4) is 0 Å². The highest BCUT2D eigenvalue weighted by Gasteiger charge is 2.26. The van der Waals surface area contributed by atoms with Crippen molar-refractivity contribution in [2.45, 2.75) is 45.2 Å². The number of amides is 2. The van der Waals surface area contributed by atoms with Gasteiger partial charge in [0.2, 0.25) is 11.8 Å². The molecule has 1 atom stereocenters. The first-order valence-corrected chi connectivity index (χ1v) is 11.9. The van der Waals surface area contributed by atoms with Crippen molar-refractivity contribution < 1.29 is 14.0 Å². The highest BCUT2D eigenvalue weighted by Crippen LogP contribution is 2.24. The number of halogens is 3. The summed E-state index contributed by atoms with van der Waals surface area (Å²) in [5.41, 5.74) is 1.29. The number of benzene rings is 2. The first kappa shape index (κ1) is 24.7. The number of nitrogens with zero attached hydrogens (tertiary/aromatic N) is 1. The Kier molecular flexibility index (Phi) is 9.65. The number of hydrogen-bond acceptors (Lipinski definition) is 3. The van der Waals surface area contributed by atoms with Crippen molar-refractivity contribution in [1.29, 1.82) is 0 Å². The van der Waals surface area contributed by atoms with Gasteiger partial charge in [0.25, 0.3) is 0 Å². The van der Waals surface area contributed by atoms with Crippen LogP contribution >= 0.6 is 39.3 Å². The number of hydrogen-bond donors (Lipinski definition) is 1. The topological polar surface area (TPSA) is 49.4 Å². The number of thioether (sulfide) groups is 1. The second-order valence-corrected chi connectivity index (χ2v) is 9.49. The third kappa shape index (κ3) is 7.29. The van der Waals surface area contributed by atoms with Crippen LogP contribution in [-0.2, 0) is 21.9 Å². The summed E-state index contributed by atoms with van der Waals surface area (Å²) < 4.78 is 14.9. The lowest BCUT2D eigenvalue weighted by Crippen LogP contribution is -2.49. The molecule has 2 aromatic rings. The van der Waals surface area contributed by atoms with Gasteiger partial charge in [0, 0.05) is 33.4 Å². The average Bonchev–Trinajstić information content (AvgIpc) is 2.68. The van der Waals surface area contributed by atoms with Gasteiger partial charge in [-0.3, -0.25) is 9.59 Å². The average molecular weight is 516 g/mol. The predicted octanol–water partition coefficient (Wildman–Crippen LogP) is 5.42. The van der Waals surface area contributed by atoms with E-state index in [0.717, 1.165) is 10.0 Å². The van der Waals surface area contributed by atoms with Gasteiger partial charge >= 0.3 is 0 Å². The molecule has 0 radical (unpaired) electrons. The van der Waals surface area contributed by atoms with Crippen LogP contribution in [0.4, 0.5) is 4.39 Å². The van der Waals surface area contributed by atoms with Crippen LogP contribution in [0, 0.1) is 5.82 Å². The smallest absolute Gasteiger partial charge is 0.242 e. The highest BCUT2D eigenvalue weighted by atomic mass is 79.9. The summed E-state index contributed by atoms with van der Waals surface area (Å²) in [4.78, 5) is 27.1. The molecule has 0 aromatic heterocycles. The van der Waals surface area contributed by atoms with Crippen LogP contribution in [0.25, 0.3) is 0 Å². The molecule has 1 N–H and O–H groups in total. The van der Waals surface area contributed by atoms with Gasteiger partial charge in [-0.1, -0.05) is 45.7 Å². The molecule has 0 heterocycles. The van der Waals surface area contributed by atoms with E-state index in [-0.39, 0.29) is 35.2 Å². The van der Waals surface area contributed by atoms with Crippen molar-refractivity contribution in [3.63, 3.8) is 0 Å². The molecule has 8 heteroatoms. The SMILES string of the molecule is CC(C)NC(=O)C(C)N(Cc1ccc(Br)cc1)C(=O)CSCc1c(F)cccc1Cl. The third-order valence-corrected chi connectivity index (χ3v) is 6.22. The number of nitrogens with one attached hydrogen (secondary N) is 1. The monoisotopic (exact) mass is 514 g/mol. The maximum absolute atomic E-state index is 14.0. The fourth-order valence-electron chi connectivity index (χ4n) is 2.77. The minimum atomic E-state index is -0.638. The Labute approximate surface area is 194 Å². The van der Waals surface area contributed by atoms with E-state index in [2.05, 4.69) is 21.2 Å². The molecule has 1 unspecified atom stereocenters. The van der Waals surface area contributed by atoms with E-state index in [1.165, 1.54) is 17.8 Å². The molecule has 2 amide bonds. The quantitative estimate of drug-likeness (QED) is 0.485. The summed E-state index contributed by atoms with van der Waals surface area (Å²) >= 11 is 10.7. The summed E-state index contributed by atoms with van der Waals surface area (Å²) in [6.07, 6.45) is 0. The van der Waals surface area contributed by atoms with Crippen LogP contribution in [0.15, 0.2) is 46.9 Å². The largest absolute Gasteiger partial charge is 0.352 e. The Morgan fingerprint density at radius 2 is 1.83 bits per heavy atom. The summed E-state index contributed by atoms with van der Waals surface area (Å²) in [6, 6.07) is 11.5. The van der Waals surface area contributed by atoms with E-state index in [9.17, 15) is 14.0 Å². The predicted molar refractivity (Wildman–Crippen MR) is 125 cm³/mol. The van der Waals surface area contributed by atoms with Crippen molar-refractivity contribution in [1.82, 2.24) is 10.2 Å². The molecule has 4 nitrogen and oxygen atoms in total. The Balaban J connectivity index is 2.10. The van der Waals surface area contributed by atoms with E-state index in [1.54, 1.807) is 24.0 Å². The second-order valence-electron chi connectivity index (χ2n) is 7.18. The summed E-state index contributed by atoms with van der Waals surface area (Å²) in [6.45, 7) is 5.77. The zero-order chi connectivity index (χ0) is 22.3. The van der Waals surface area contributed by atoms with E-state index >= 15 is 0 Å². The highest BCUT2D eigenvalue weighted by molar-refractivity contribution is 9.10. The molecule has 0 aliphatic carbocycles. The molecule has 0 aliphatic rings. The van der Waals surface area contributed by atoms with Crippen LogP contribution in [0.3, 0.4) is 0 Å². The lowest BCUT2D eigenvalue weighted by Gasteiger charge is -2.29. The van der Waals surface area contributed by atoms with E-state index < -0.39 is 6.04 Å². The Morgan fingerprint density at radius 1 is 1.17 bits per heavy atom. The maximum atomic E-state index is 14.0. The van der Waals surface area contributed by atoms with Crippen molar-refractivity contribution in [2.24, 2.45) is 0 Å². The van der Waals surface area contributed by atoms with Gasteiger partial charge in [0.1, 0.15) is 11.9 Å². The number of carbonyl (C=O) groups excluding carboxylic acids is 2.